The minimum absolute atomic E-state index is 0.0937. The topological polar surface area (TPSA) is 39.9 Å². The highest BCUT2D eigenvalue weighted by atomic mass is 19.3. The quantitative estimate of drug-likeness (QED) is 0.810. The van der Waals surface area contributed by atoms with Crippen LogP contribution in [0, 0.1) is 5.82 Å². The Hall–Kier alpha value is -1.79. The molecule has 0 fully saturated rings. The molecule has 4 nitrogen and oxygen atoms in total. The minimum atomic E-state index is -2.85. The molecule has 2 aromatic heterocycles. The van der Waals surface area contributed by atoms with E-state index in [4.69, 9.17) is 4.84 Å². The molecule has 0 aliphatic rings. The molecule has 0 amide bonds. The highest BCUT2D eigenvalue weighted by Gasteiger charge is 2.22. The van der Waals surface area contributed by atoms with Gasteiger partial charge in [-0.1, -0.05) is 0 Å². The summed E-state index contributed by atoms with van der Waals surface area (Å²) in [6.07, 6.45) is -1.68. The van der Waals surface area contributed by atoms with Crippen molar-refractivity contribution in [2.24, 2.45) is 0 Å². The smallest absolute Gasteiger partial charge is 0.298 e. The lowest BCUT2D eigenvalue weighted by molar-refractivity contribution is 0.0717. The Morgan fingerprint density at radius 1 is 1.50 bits per heavy atom. The number of hydrogen-bond donors (Lipinski definition) is 0. The average Bonchev–Trinajstić information content (AvgIpc) is 2.59. The minimum Gasteiger partial charge on any atom is -0.412 e. The van der Waals surface area contributed by atoms with Crippen LogP contribution < -0.4 is 4.84 Å². The lowest BCUT2D eigenvalue weighted by atomic mass is 10.4. The lowest BCUT2D eigenvalue weighted by Crippen LogP contribution is -2.15. The van der Waals surface area contributed by atoms with Crippen LogP contribution in [0.25, 0.3) is 11.2 Å². The van der Waals surface area contributed by atoms with Crippen molar-refractivity contribution in [1.29, 1.82) is 0 Å². The molecule has 86 valence electrons. The van der Waals surface area contributed by atoms with E-state index in [1.165, 1.54) is 0 Å². The first-order chi connectivity index (χ1) is 7.65. The number of alkyl halides is 2. The van der Waals surface area contributed by atoms with Crippen molar-refractivity contribution < 1.29 is 18.0 Å². The molecule has 0 bridgehead atoms. The Morgan fingerprint density at radius 3 is 2.88 bits per heavy atom. The van der Waals surface area contributed by atoms with Gasteiger partial charge in [0.2, 0.25) is 5.82 Å². The molecule has 0 aliphatic heterocycles. The van der Waals surface area contributed by atoms with Crippen LogP contribution in [0.1, 0.15) is 19.2 Å². The highest BCUT2D eigenvalue weighted by molar-refractivity contribution is 5.71. The Balaban J connectivity index is 2.72. The van der Waals surface area contributed by atoms with Crippen molar-refractivity contribution >= 4 is 11.2 Å². The van der Waals surface area contributed by atoms with E-state index in [0.29, 0.717) is 4.73 Å². The van der Waals surface area contributed by atoms with Gasteiger partial charge in [-0.3, -0.25) is 0 Å². The van der Waals surface area contributed by atoms with E-state index in [2.05, 4.69) is 9.97 Å². The second-order valence-electron chi connectivity index (χ2n) is 2.95. The van der Waals surface area contributed by atoms with Gasteiger partial charge in [0.15, 0.2) is 17.0 Å². The van der Waals surface area contributed by atoms with Crippen molar-refractivity contribution in [2.75, 3.05) is 6.61 Å². The molecule has 2 heterocycles. The Labute approximate surface area is 88.6 Å². The largest absolute Gasteiger partial charge is 0.412 e. The van der Waals surface area contributed by atoms with Crippen molar-refractivity contribution in [1.82, 2.24) is 14.7 Å². The number of rotatable bonds is 3. The Bertz CT molecular complexity index is 512. The number of fused-ring (bicyclic) bond motifs is 1. The van der Waals surface area contributed by atoms with Crippen LogP contribution in [0.15, 0.2) is 12.3 Å². The van der Waals surface area contributed by atoms with Crippen molar-refractivity contribution in [3.05, 3.63) is 23.9 Å². The normalized spacial score (nSPS) is 11.3. The first-order valence-electron chi connectivity index (χ1n) is 4.59. The lowest BCUT2D eigenvalue weighted by Gasteiger charge is -2.07. The molecule has 0 radical (unpaired) electrons. The number of imidazole rings is 1. The summed E-state index contributed by atoms with van der Waals surface area (Å²) in [5, 5.41) is 0. The number of hydrogen-bond acceptors (Lipinski definition) is 3. The summed E-state index contributed by atoms with van der Waals surface area (Å²) < 4.78 is 39.3. The average molecular weight is 231 g/mol. The SMILES string of the molecule is CCOn1c(C(F)F)nc2nccc(F)c21. The second-order valence-corrected chi connectivity index (χ2v) is 2.95. The molecule has 0 saturated heterocycles. The third kappa shape index (κ3) is 1.58. The number of nitrogens with zero attached hydrogens (tertiary/aromatic N) is 3. The maximum atomic E-state index is 13.4. The molecule has 7 heteroatoms. The first-order valence-corrected chi connectivity index (χ1v) is 4.59. The number of halogens is 3. The summed E-state index contributed by atoms with van der Waals surface area (Å²) >= 11 is 0. The molecule has 0 atom stereocenters. The van der Waals surface area contributed by atoms with E-state index < -0.39 is 18.1 Å². The zero-order chi connectivity index (χ0) is 11.7. The maximum absolute atomic E-state index is 13.4. The molecule has 0 aliphatic carbocycles. The molecule has 16 heavy (non-hydrogen) atoms. The summed E-state index contributed by atoms with van der Waals surface area (Å²) in [6, 6.07) is 1.06. The molecule has 0 spiro atoms. The summed E-state index contributed by atoms with van der Waals surface area (Å²) in [4.78, 5) is 12.2. The molecular formula is C9H8F3N3O. The van der Waals surface area contributed by atoms with Crippen molar-refractivity contribution in [2.45, 2.75) is 13.3 Å². The standard InChI is InChI=1S/C9H8F3N3O/c1-2-16-15-6-5(10)3-4-13-8(6)14-9(15)7(11)12/h3-4,7H,2H2,1H3. The maximum Gasteiger partial charge on any atom is 0.298 e. The van der Waals surface area contributed by atoms with E-state index in [9.17, 15) is 13.2 Å². The van der Waals surface area contributed by atoms with Gasteiger partial charge in [-0.05, 0) is 13.0 Å². The fourth-order valence-corrected chi connectivity index (χ4v) is 1.36. The van der Waals surface area contributed by atoms with Gasteiger partial charge in [0.1, 0.15) is 6.61 Å². The summed E-state index contributed by atoms with van der Waals surface area (Å²) in [5.74, 6) is -1.34. The monoisotopic (exact) mass is 231 g/mol. The Morgan fingerprint density at radius 2 is 2.25 bits per heavy atom. The van der Waals surface area contributed by atoms with Gasteiger partial charge in [0.05, 0.1) is 0 Å². The van der Waals surface area contributed by atoms with Gasteiger partial charge in [-0.15, -0.1) is 0 Å². The van der Waals surface area contributed by atoms with Gasteiger partial charge < -0.3 is 4.84 Å². The van der Waals surface area contributed by atoms with Crippen LogP contribution in [-0.2, 0) is 0 Å². The van der Waals surface area contributed by atoms with Crippen molar-refractivity contribution in [3.63, 3.8) is 0 Å². The first kappa shape index (κ1) is 10.7. The highest BCUT2D eigenvalue weighted by Crippen LogP contribution is 2.23. The zero-order valence-electron chi connectivity index (χ0n) is 8.32. The van der Waals surface area contributed by atoms with Crippen LogP contribution in [0.3, 0.4) is 0 Å². The predicted molar refractivity (Wildman–Crippen MR) is 49.6 cm³/mol. The molecule has 2 rings (SSSR count). The van der Waals surface area contributed by atoms with Crippen LogP contribution in [0.5, 0.6) is 0 Å². The van der Waals surface area contributed by atoms with Gasteiger partial charge in [0, 0.05) is 6.20 Å². The van der Waals surface area contributed by atoms with E-state index >= 15 is 0 Å². The Kier molecular flexibility index (Phi) is 2.67. The molecular weight excluding hydrogens is 223 g/mol. The van der Waals surface area contributed by atoms with E-state index in [-0.39, 0.29) is 17.8 Å². The number of aromatic nitrogens is 3. The molecule has 0 aromatic carbocycles. The third-order valence-corrected chi connectivity index (χ3v) is 1.94. The van der Waals surface area contributed by atoms with E-state index in [1.54, 1.807) is 6.92 Å². The fourth-order valence-electron chi connectivity index (χ4n) is 1.36. The summed E-state index contributed by atoms with van der Waals surface area (Å²) in [6.45, 7) is 1.73. The van der Waals surface area contributed by atoms with Crippen LogP contribution in [-0.4, -0.2) is 21.3 Å². The van der Waals surface area contributed by atoms with Crippen molar-refractivity contribution in [3.8, 4) is 0 Å². The number of pyridine rings is 1. The summed E-state index contributed by atoms with van der Waals surface area (Å²) in [5.41, 5.74) is -0.261. The van der Waals surface area contributed by atoms with Crippen LogP contribution >= 0.6 is 0 Å². The van der Waals surface area contributed by atoms with Gasteiger partial charge in [-0.25, -0.2) is 23.1 Å². The summed E-state index contributed by atoms with van der Waals surface area (Å²) in [7, 11) is 0. The van der Waals surface area contributed by atoms with Gasteiger partial charge >= 0.3 is 0 Å². The van der Waals surface area contributed by atoms with Gasteiger partial charge in [-0.2, -0.15) is 4.73 Å². The third-order valence-electron chi connectivity index (χ3n) is 1.94. The second kappa shape index (κ2) is 3.99. The molecule has 0 saturated carbocycles. The van der Waals surface area contributed by atoms with Crippen LogP contribution in [0.4, 0.5) is 13.2 Å². The molecule has 0 N–H and O–H groups in total. The van der Waals surface area contributed by atoms with Gasteiger partial charge in [0.25, 0.3) is 6.43 Å². The molecule has 0 unspecified atom stereocenters. The van der Waals surface area contributed by atoms with Crippen LogP contribution in [0.2, 0.25) is 0 Å². The van der Waals surface area contributed by atoms with E-state index in [0.717, 1.165) is 12.3 Å². The molecule has 2 aromatic rings. The fraction of sp³-hybridized carbons (Fsp3) is 0.333. The predicted octanol–water partition coefficient (Wildman–Crippen LogP) is 1.96. The zero-order valence-corrected chi connectivity index (χ0v) is 8.32. The van der Waals surface area contributed by atoms with E-state index in [1.807, 2.05) is 0 Å².